The van der Waals surface area contributed by atoms with E-state index in [-0.39, 0.29) is 0 Å². The fourth-order valence-electron chi connectivity index (χ4n) is 4.89. The van der Waals surface area contributed by atoms with Gasteiger partial charge in [0.15, 0.2) is 0 Å². The molecule has 2 aliphatic heterocycles. The molecule has 0 amide bonds. The van der Waals surface area contributed by atoms with Gasteiger partial charge in [-0.2, -0.15) is 0 Å². The van der Waals surface area contributed by atoms with E-state index in [1.807, 2.05) is 11.3 Å². The summed E-state index contributed by atoms with van der Waals surface area (Å²) in [6, 6.07) is 0.311. The molecule has 7 heteroatoms. The van der Waals surface area contributed by atoms with Crippen LogP contribution in [-0.4, -0.2) is 59.9 Å². The second kappa shape index (κ2) is 8.84. The number of nitrogens with one attached hydrogen (secondary N) is 1. The molecule has 2 atom stereocenters. The zero-order chi connectivity index (χ0) is 19.6. The summed E-state index contributed by atoms with van der Waals surface area (Å²) in [6.07, 6.45) is 8.56. The average molecular weight is 417 g/mol. The Kier molecular flexibility index (Phi) is 5.99. The van der Waals surface area contributed by atoms with E-state index in [1.54, 1.807) is 0 Å². The number of hydrogen-bond acceptors (Lipinski definition) is 7. The van der Waals surface area contributed by atoms with Crippen molar-refractivity contribution < 1.29 is 9.47 Å². The standard InChI is InChI=1S/C22H32N4O2S/c1-2-16(17-7-5-11-28-17)23-21-20-15-6-3-4-8-18(15)29-22(20)25-19(24-21)14-26-9-12-27-13-10-26/h16-17H,2-14H2,1H3,(H,23,24,25). The Balaban J connectivity index is 1.50. The van der Waals surface area contributed by atoms with Crippen LogP contribution in [-0.2, 0) is 28.9 Å². The minimum Gasteiger partial charge on any atom is -0.379 e. The molecule has 29 heavy (non-hydrogen) atoms. The minimum atomic E-state index is 0.294. The van der Waals surface area contributed by atoms with Crippen molar-refractivity contribution in [2.45, 2.75) is 70.6 Å². The molecule has 2 saturated heterocycles. The molecule has 1 aliphatic carbocycles. The maximum atomic E-state index is 6.01. The highest BCUT2D eigenvalue weighted by Gasteiger charge is 2.28. The molecule has 2 aromatic rings. The predicted molar refractivity (Wildman–Crippen MR) is 117 cm³/mol. The third-order valence-electron chi connectivity index (χ3n) is 6.51. The first kappa shape index (κ1) is 19.7. The molecule has 6 nitrogen and oxygen atoms in total. The summed E-state index contributed by atoms with van der Waals surface area (Å²) in [4.78, 5) is 15.2. The van der Waals surface area contributed by atoms with E-state index in [0.29, 0.717) is 12.1 Å². The number of hydrogen-bond donors (Lipinski definition) is 1. The maximum Gasteiger partial charge on any atom is 0.146 e. The van der Waals surface area contributed by atoms with Crippen LogP contribution < -0.4 is 5.32 Å². The van der Waals surface area contributed by atoms with Crippen LogP contribution in [0.2, 0.25) is 0 Å². The van der Waals surface area contributed by atoms with E-state index in [0.717, 1.165) is 76.8 Å². The summed E-state index contributed by atoms with van der Waals surface area (Å²) in [7, 11) is 0. The molecule has 0 saturated carbocycles. The highest BCUT2D eigenvalue weighted by atomic mass is 32.1. The SMILES string of the molecule is CCC(Nc1nc(CN2CCOCC2)nc2sc3c(c12)CCCC3)C1CCCO1. The van der Waals surface area contributed by atoms with Crippen molar-refractivity contribution in [3.8, 4) is 0 Å². The Hall–Kier alpha value is -1.28. The molecular weight excluding hydrogens is 384 g/mol. The molecule has 0 bridgehead atoms. The second-order valence-corrected chi connectivity index (χ2v) is 9.56. The number of fused-ring (bicyclic) bond motifs is 3. The van der Waals surface area contributed by atoms with Crippen molar-refractivity contribution in [1.29, 1.82) is 0 Å². The molecule has 0 radical (unpaired) electrons. The predicted octanol–water partition coefficient (Wildman–Crippen LogP) is 3.77. The third kappa shape index (κ3) is 4.15. The van der Waals surface area contributed by atoms with Crippen LogP contribution in [0.3, 0.4) is 0 Å². The van der Waals surface area contributed by atoms with Crippen LogP contribution in [0.25, 0.3) is 10.2 Å². The zero-order valence-corrected chi connectivity index (χ0v) is 18.2. The molecule has 1 N–H and O–H groups in total. The Labute approximate surface area is 177 Å². The third-order valence-corrected chi connectivity index (χ3v) is 7.69. The largest absolute Gasteiger partial charge is 0.379 e. The first-order valence-electron chi connectivity index (χ1n) is 11.3. The minimum absolute atomic E-state index is 0.294. The lowest BCUT2D eigenvalue weighted by molar-refractivity contribution is 0.0331. The Bertz CT molecular complexity index is 843. The van der Waals surface area contributed by atoms with E-state index in [9.17, 15) is 0 Å². The lowest BCUT2D eigenvalue weighted by atomic mass is 9.96. The number of morpholine rings is 1. The zero-order valence-electron chi connectivity index (χ0n) is 17.4. The number of anilines is 1. The van der Waals surface area contributed by atoms with Crippen LogP contribution >= 0.6 is 11.3 Å². The van der Waals surface area contributed by atoms with Gasteiger partial charge in [0, 0.05) is 24.6 Å². The summed E-state index contributed by atoms with van der Waals surface area (Å²) < 4.78 is 11.5. The van der Waals surface area contributed by atoms with Crippen LogP contribution in [0.1, 0.15) is 55.3 Å². The van der Waals surface area contributed by atoms with Gasteiger partial charge in [0.2, 0.25) is 0 Å². The summed E-state index contributed by atoms with van der Waals surface area (Å²) in [5.41, 5.74) is 1.50. The Morgan fingerprint density at radius 2 is 2.00 bits per heavy atom. The highest BCUT2D eigenvalue weighted by molar-refractivity contribution is 7.19. The van der Waals surface area contributed by atoms with Gasteiger partial charge in [-0.25, -0.2) is 9.97 Å². The maximum absolute atomic E-state index is 6.01. The van der Waals surface area contributed by atoms with Crippen LogP contribution in [0.15, 0.2) is 0 Å². The van der Waals surface area contributed by atoms with Crippen molar-refractivity contribution in [2.24, 2.45) is 0 Å². The van der Waals surface area contributed by atoms with E-state index >= 15 is 0 Å². The van der Waals surface area contributed by atoms with E-state index in [1.165, 1.54) is 39.9 Å². The van der Waals surface area contributed by atoms with Gasteiger partial charge in [-0.1, -0.05) is 6.92 Å². The summed E-state index contributed by atoms with van der Waals surface area (Å²) in [5, 5.41) is 5.10. The number of thiophene rings is 1. The molecule has 2 fully saturated rings. The van der Waals surface area contributed by atoms with Gasteiger partial charge in [0.25, 0.3) is 0 Å². The summed E-state index contributed by atoms with van der Waals surface area (Å²) in [5.74, 6) is 1.97. The van der Waals surface area contributed by atoms with Gasteiger partial charge in [-0.05, 0) is 50.5 Å². The van der Waals surface area contributed by atoms with Crippen LogP contribution in [0.5, 0.6) is 0 Å². The van der Waals surface area contributed by atoms with Crippen LogP contribution in [0, 0.1) is 0 Å². The summed E-state index contributed by atoms with van der Waals surface area (Å²) >= 11 is 1.89. The van der Waals surface area contributed by atoms with Gasteiger partial charge in [-0.3, -0.25) is 4.90 Å². The number of aromatic nitrogens is 2. The van der Waals surface area contributed by atoms with Crippen molar-refractivity contribution in [1.82, 2.24) is 14.9 Å². The molecule has 5 rings (SSSR count). The molecular formula is C22H32N4O2S. The normalized spacial score (nSPS) is 24.0. The first-order valence-corrected chi connectivity index (χ1v) is 12.1. The highest BCUT2D eigenvalue weighted by Crippen LogP contribution is 2.39. The number of nitrogens with zero attached hydrogens (tertiary/aromatic N) is 3. The van der Waals surface area contributed by atoms with Gasteiger partial charge in [0.05, 0.1) is 37.3 Å². The molecule has 3 aliphatic rings. The number of rotatable bonds is 6. The topological polar surface area (TPSA) is 59.5 Å². The lowest BCUT2D eigenvalue weighted by Crippen LogP contribution is -2.36. The van der Waals surface area contributed by atoms with Gasteiger partial charge in [0.1, 0.15) is 16.5 Å². The summed E-state index contributed by atoms with van der Waals surface area (Å²) in [6.45, 7) is 7.45. The van der Waals surface area contributed by atoms with E-state index < -0.39 is 0 Å². The Morgan fingerprint density at radius 1 is 1.14 bits per heavy atom. The number of aryl methyl sites for hydroxylation is 2. The fraction of sp³-hybridized carbons (Fsp3) is 0.727. The molecule has 2 unspecified atom stereocenters. The van der Waals surface area contributed by atoms with Crippen LogP contribution in [0.4, 0.5) is 5.82 Å². The van der Waals surface area contributed by atoms with E-state index in [4.69, 9.17) is 19.4 Å². The van der Waals surface area contributed by atoms with Crippen molar-refractivity contribution in [2.75, 3.05) is 38.2 Å². The van der Waals surface area contributed by atoms with E-state index in [2.05, 4.69) is 17.1 Å². The second-order valence-electron chi connectivity index (χ2n) is 8.48. The van der Waals surface area contributed by atoms with Gasteiger partial charge in [-0.15, -0.1) is 11.3 Å². The molecule has 2 aromatic heterocycles. The van der Waals surface area contributed by atoms with Crippen molar-refractivity contribution >= 4 is 27.4 Å². The molecule has 0 spiro atoms. The van der Waals surface area contributed by atoms with Gasteiger partial charge < -0.3 is 14.8 Å². The van der Waals surface area contributed by atoms with Gasteiger partial charge >= 0.3 is 0 Å². The average Bonchev–Trinajstić information content (AvgIpc) is 3.40. The fourth-order valence-corrected chi connectivity index (χ4v) is 6.17. The first-order chi connectivity index (χ1) is 14.3. The van der Waals surface area contributed by atoms with Crippen molar-refractivity contribution in [3.05, 3.63) is 16.3 Å². The Morgan fingerprint density at radius 3 is 2.79 bits per heavy atom. The lowest BCUT2D eigenvalue weighted by Gasteiger charge is -2.27. The molecule has 0 aromatic carbocycles. The quantitative estimate of drug-likeness (QED) is 0.774. The molecule has 4 heterocycles. The number of ether oxygens (including phenoxy) is 2. The van der Waals surface area contributed by atoms with Crippen molar-refractivity contribution in [3.63, 3.8) is 0 Å². The monoisotopic (exact) mass is 416 g/mol. The molecule has 158 valence electrons. The smallest absolute Gasteiger partial charge is 0.146 e.